The Balaban J connectivity index is 1.25. The highest BCUT2D eigenvalue weighted by Gasteiger charge is 2.71. The molecule has 0 aromatic heterocycles. The summed E-state index contributed by atoms with van der Waals surface area (Å²) in [7, 11) is 0. The van der Waals surface area contributed by atoms with Crippen LogP contribution in [0.5, 0.6) is 0 Å². The van der Waals surface area contributed by atoms with Crippen LogP contribution in [0, 0.1) is 52.3 Å². The van der Waals surface area contributed by atoms with Gasteiger partial charge in [-0.2, -0.15) is 0 Å². The highest BCUT2D eigenvalue weighted by Crippen LogP contribution is 2.70. The van der Waals surface area contributed by atoms with E-state index in [2.05, 4.69) is 27.7 Å². The Labute approximate surface area is 205 Å². The summed E-state index contributed by atoms with van der Waals surface area (Å²) in [6.45, 7) is 11.6. The maximum atomic E-state index is 14.1. The van der Waals surface area contributed by atoms with Crippen molar-refractivity contribution in [1.29, 1.82) is 0 Å². The van der Waals surface area contributed by atoms with Gasteiger partial charge in [0.05, 0.1) is 12.7 Å². The number of hydrogen-bond donors (Lipinski definition) is 0. The molecule has 190 valence electrons. The summed E-state index contributed by atoms with van der Waals surface area (Å²) in [6.07, 6.45) is 9.47. The number of ether oxygens (including phenoxy) is 3. The first kappa shape index (κ1) is 23.5. The third-order valence-electron chi connectivity index (χ3n) is 12.1. The Hall–Kier alpha value is -0.940. The normalized spacial score (nSPS) is 56.4. The number of rotatable bonds is 1. The molecule has 2 aliphatic heterocycles. The third kappa shape index (κ3) is 3.11. The second-order valence-electron chi connectivity index (χ2n) is 13.5. The molecular weight excluding hydrogens is 428 g/mol. The quantitative estimate of drug-likeness (QED) is 0.469. The maximum absolute atomic E-state index is 14.1. The minimum absolute atomic E-state index is 0.0613. The van der Waals surface area contributed by atoms with Gasteiger partial charge in [-0.3, -0.25) is 9.59 Å². The first-order valence-corrected chi connectivity index (χ1v) is 14.1. The topological polar surface area (TPSA) is 61.8 Å². The van der Waals surface area contributed by atoms with Gasteiger partial charge in [0.2, 0.25) is 0 Å². The Morgan fingerprint density at radius 2 is 1.82 bits per heavy atom. The molecule has 0 N–H and O–H groups in total. The molecule has 5 nitrogen and oxygen atoms in total. The van der Waals surface area contributed by atoms with Crippen LogP contribution in [0.4, 0.5) is 0 Å². The second kappa shape index (κ2) is 7.78. The fraction of sp³-hybridized carbons (Fsp3) is 0.931. The van der Waals surface area contributed by atoms with Gasteiger partial charge in [0.25, 0.3) is 0 Å². The zero-order valence-corrected chi connectivity index (χ0v) is 21.8. The van der Waals surface area contributed by atoms with Crippen molar-refractivity contribution in [3.8, 4) is 0 Å². The van der Waals surface area contributed by atoms with Crippen molar-refractivity contribution >= 4 is 11.8 Å². The van der Waals surface area contributed by atoms with Crippen LogP contribution < -0.4 is 0 Å². The van der Waals surface area contributed by atoms with Crippen LogP contribution in [0.1, 0.15) is 92.4 Å². The van der Waals surface area contributed by atoms with Crippen molar-refractivity contribution in [2.75, 3.05) is 6.61 Å². The Morgan fingerprint density at radius 1 is 1.03 bits per heavy atom. The number of hydrogen-bond acceptors (Lipinski definition) is 5. The standard InChI is InChI=1S/C29H44O5/c1-16-8-11-29(32-15-16)17(2)26-24(34-29)13-23-21-7-6-19-12-20(33-18(3)30)9-10-27(19,4)22(21)14-25(31)28(23,26)5/h16-17,19-24,26H,6-15H2,1-5H3/t16-,17+,19-,20-,21-,22+,23+,24+,26+,27-,28+,29+/m0/s1. The van der Waals surface area contributed by atoms with Crippen molar-refractivity contribution < 1.29 is 23.8 Å². The maximum Gasteiger partial charge on any atom is 0.302 e. The van der Waals surface area contributed by atoms with E-state index in [1.165, 1.54) is 19.8 Å². The van der Waals surface area contributed by atoms with Gasteiger partial charge in [0.1, 0.15) is 11.9 Å². The highest BCUT2D eigenvalue weighted by molar-refractivity contribution is 5.87. The Bertz CT molecular complexity index is 861. The largest absolute Gasteiger partial charge is 0.463 e. The zero-order chi connectivity index (χ0) is 24.0. The van der Waals surface area contributed by atoms with Crippen LogP contribution in [-0.2, 0) is 23.8 Å². The lowest BCUT2D eigenvalue weighted by Crippen LogP contribution is -2.58. The van der Waals surface area contributed by atoms with E-state index in [1.807, 2.05) is 0 Å². The molecule has 0 aromatic rings. The molecule has 4 aliphatic carbocycles. The molecule has 0 aromatic carbocycles. The monoisotopic (exact) mass is 472 g/mol. The zero-order valence-electron chi connectivity index (χ0n) is 21.8. The van der Waals surface area contributed by atoms with E-state index < -0.39 is 5.79 Å². The Kier molecular flexibility index (Phi) is 5.37. The van der Waals surface area contributed by atoms with E-state index in [4.69, 9.17) is 14.2 Å². The van der Waals surface area contributed by atoms with Gasteiger partial charge < -0.3 is 14.2 Å². The van der Waals surface area contributed by atoms with E-state index in [1.54, 1.807) is 0 Å². The first-order valence-electron chi connectivity index (χ1n) is 14.1. The van der Waals surface area contributed by atoms with Crippen LogP contribution in [0.25, 0.3) is 0 Å². The second-order valence-corrected chi connectivity index (χ2v) is 13.5. The number of carbonyl (C=O) groups is 2. The van der Waals surface area contributed by atoms with Gasteiger partial charge >= 0.3 is 5.97 Å². The predicted molar refractivity (Wildman–Crippen MR) is 128 cm³/mol. The van der Waals surface area contributed by atoms with E-state index >= 15 is 0 Å². The summed E-state index contributed by atoms with van der Waals surface area (Å²) >= 11 is 0. The minimum Gasteiger partial charge on any atom is -0.463 e. The fourth-order valence-corrected chi connectivity index (χ4v) is 10.3. The lowest BCUT2D eigenvalue weighted by atomic mass is 9.44. The summed E-state index contributed by atoms with van der Waals surface area (Å²) in [5.74, 6) is 3.07. The SMILES string of the molecule is CC(=O)O[C@H]1CC[C@@]2(C)[C@@H](CC[C@H]3[C@H]2CC(=O)[C@]2(C)[C@@H]4[C@@H](C)[C@@]5(CC[C@H](C)CO5)O[C@@H]4C[C@H]32)C1. The molecule has 6 aliphatic rings. The molecule has 0 radical (unpaired) electrons. The Morgan fingerprint density at radius 3 is 2.53 bits per heavy atom. The van der Waals surface area contributed by atoms with Crippen molar-refractivity contribution in [3.05, 3.63) is 0 Å². The number of ketones is 1. The van der Waals surface area contributed by atoms with E-state index in [0.29, 0.717) is 35.4 Å². The fourth-order valence-electron chi connectivity index (χ4n) is 10.3. The average molecular weight is 473 g/mol. The average Bonchev–Trinajstić information content (AvgIpc) is 3.23. The third-order valence-corrected chi connectivity index (χ3v) is 12.1. The molecule has 0 amide bonds. The molecule has 0 unspecified atom stereocenters. The summed E-state index contributed by atoms with van der Waals surface area (Å²) < 4.78 is 18.8. The summed E-state index contributed by atoms with van der Waals surface area (Å²) in [6, 6.07) is 0. The number of Topliss-reactive ketones (excluding diaryl/α,β-unsaturated/α-hetero) is 1. The molecule has 0 bridgehead atoms. The van der Waals surface area contributed by atoms with Crippen molar-refractivity contribution in [3.63, 3.8) is 0 Å². The van der Waals surface area contributed by atoms with Crippen LogP contribution in [0.15, 0.2) is 0 Å². The van der Waals surface area contributed by atoms with E-state index in [0.717, 1.165) is 51.6 Å². The highest BCUT2D eigenvalue weighted by atomic mass is 16.7. The molecule has 2 heterocycles. The van der Waals surface area contributed by atoms with Gasteiger partial charge in [-0.15, -0.1) is 0 Å². The number of carbonyl (C=O) groups excluding carboxylic acids is 2. The molecule has 6 fully saturated rings. The summed E-state index contributed by atoms with van der Waals surface area (Å²) in [4.78, 5) is 25.7. The molecule has 2 saturated heterocycles. The van der Waals surface area contributed by atoms with Gasteiger partial charge in [0, 0.05) is 37.0 Å². The number of fused-ring (bicyclic) bond motifs is 7. The smallest absolute Gasteiger partial charge is 0.302 e. The first-order chi connectivity index (χ1) is 16.1. The van der Waals surface area contributed by atoms with E-state index in [-0.39, 0.29) is 40.8 Å². The van der Waals surface area contributed by atoms with Gasteiger partial charge in [0.15, 0.2) is 5.79 Å². The lowest BCUT2D eigenvalue weighted by Gasteiger charge is -2.60. The van der Waals surface area contributed by atoms with Crippen LogP contribution in [0.3, 0.4) is 0 Å². The van der Waals surface area contributed by atoms with Gasteiger partial charge in [-0.1, -0.05) is 27.7 Å². The van der Waals surface area contributed by atoms with Crippen molar-refractivity contribution in [2.24, 2.45) is 52.3 Å². The van der Waals surface area contributed by atoms with Crippen LogP contribution in [0.2, 0.25) is 0 Å². The van der Waals surface area contributed by atoms with Crippen molar-refractivity contribution in [2.45, 2.75) is 110 Å². The molecule has 12 atom stereocenters. The predicted octanol–water partition coefficient (Wildman–Crippen LogP) is 5.54. The lowest BCUT2D eigenvalue weighted by molar-refractivity contribution is -0.272. The van der Waals surface area contributed by atoms with Crippen LogP contribution in [-0.4, -0.2) is 36.4 Å². The van der Waals surface area contributed by atoms with Crippen LogP contribution >= 0.6 is 0 Å². The molecule has 1 spiro atoms. The van der Waals surface area contributed by atoms with Crippen molar-refractivity contribution in [1.82, 2.24) is 0 Å². The molecular formula is C29H44O5. The molecule has 34 heavy (non-hydrogen) atoms. The van der Waals surface area contributed by atoms with Gasteiger partial charge in [-0.05, 0) is 80.0 Å². The molecule has 4 saturated carbocycles. The number of esters is 1. The molecule has 5 heteroatoms. The van der Waals surface area contributed by atoms with Gasteiger partial charge in [-0.25, -0.2) is 0 Å². The minimum atomic E-state index is -0.467. The summed E-state index contributed by atoms with van der Waals surface area (Å²) in [5.41, 5.74) is -0.0934. The van der Waals surface area contributed by atoms with E-state index in [9.17, 15) is 9.59 Å². The summed E-state index contributed by atoms with van der Waals surface area (Å²) in [5, 5.41) is 0. The molecule has 6 rings (SSSR count).